The van der Waals surface area contributed by atoms with E-state index in [1.54, 1.807) is 13.2 Å². The number of nitrogens with zero attached hydrogens (tertiary/aromatic N) is 2. The lowest BCUT2D eigenvalue weighted by Crippen LogP contribution is -2.09. The third-order valence-electron chi connectivity index (χ3n) is 2.11. The van der Waals surface area contributed by atoms with E-state index in [0.717, 1.165) is 25.4 Å². The number of nitrogens with one attached hydrogen (secondary N) is 1. The third kappa shape index (κ3) is 6.36. The highest BCUT2D eigenvalue weighted by atomic mass is 16.5. The number of methoxy groups -OCH3 is 1. The minimum Gasteiger partial charge on any atom is -0.475 e. The second kappa shape index (κ2) is 9.61. The van der Waals surface area contributed by atoms with Gasteiger partial charge in [0, 0.05) is 32.9 Å². The first kappa shape index (κ1) is 14.7. The lowest BCUT2D eigenvalue weighted by atomic mass is 10.5. The molecule has 1 rings (SSSR count). The second-order valence-electron chi connectivity index (χ2n) is 3.58. The normalized spacial score (nSPS) is 10.3. The van der Waals surface area contributed by atoms with Crippen molar-refractivity contribution in [2.45, 2.75) is 13.3 Å². The molecule has 6 nitrogen and oxygen atoms in total. The predicted molar refractivity (Wildman–Crippen MR) is 69.0 cm³/mol. The molecule has 0 atom stereocenters. The lowest BCUT2D eigenvalue weighted by Gasteiger charge is -2.07. The summed E-state index contributed by atoms with van der Waals surface area (Å²) >= 11 is 0. The minimum absolute atomic E-state index is 0.482. The minimum atomic E-state index is 0.482. The Morgan fingerprint density at radius 3 is 2.83 bits per heavy atom. The summed E-state index contributed by atoms with van der Waals surface area (Å²) in [6, 6.07) is 1.77. The molecule has 0 saturated heterocycles. The average molecular weight is 255 g/mol. The molecule has 0 bridgehead atoms. The molecule has 0 aliphatic carbocycles. The molecule has 0 spiro atoms. The van der Waals surface area contributed by atoms with Crippen LogP contribution in [0.25, 0.3) is 0 Å². The number of rotatable bonds is 10. The maximum Gasteiger partial charge on any atom is 0.218 e. The van der Waals surface area contributed by atoms with E-state index in [0.29, 0.717) is 25.7 Å². The highest BCUT2D eigenvalue weighted by Crippen LogP contribution is 2.10. The van der Waals surface area contributed by atoms with Gasteiger partial charge in [0.15, 0.2) is 0 Å². The number of hydrogen-bond acceptors (Lipinski definition) is 6. The van der Waals surface area contributed by atoms with Gasteiger partial charge < -0.3 is 19.5 Å². The smallest absolute Gasteiger partial charge is 0.218 e. The molecular weight excluding hydrogens is 234 g/mol. The summed E-state index contributed by atoms with van der Waals surface area (Å²) in [7, 11) is 1.68. The van der Waals surface area contributed by atoms with Crippen LogP contribution in [0.5, 0.6) is 5.88 Å². The summed E-state index contributed by atoms with van der Waals surface area (Å²) in [5, 5.41) is 3.10. The fourth-order valence-corrected chi connectivity index (χ4v) is 1.31. The summed E-state index contributed by atoms with van der Waals surface area (Å²) in [6.07, 6.45) is 2.38. The Kier molecular flexibility index (Phi) is 7.83. The third-order valence-corrected chi connectivity index (χ3v) is 2.11. The van der Waals surface area contributed by atoms with Crippen LogP contribution in [-0.4, -0.2) is 50.1 Å². The van der Waals surface area contributed by atoms with Gasteiger partial charge in [-0.1, -0.05) is 0 Å². The van der Waals surface area contributed by atoms with Crippen molar-refractivity contribution in [2.24, 2.45) is 0 Å². The van der Waals surface area contributed by atoms with Gasteiger partial charge in [0.05, 0.1) is 6.61 Å². The largest absolute Gasteiger partial charge is 0.475 e. The van der Waals surface area contributed by atoms with Crippen LogP contribution in [0.1, 0.15) is 13.3 Å². The van der Waals surface area contributed by atoms with E-state index in [-0.39, 0.29) is 0 Å². The molecule has 1 N–H and O–H groups in total. The maximum absolute atomic E-state index is 5.45. The first-order valence-electron chi connectivity index (χ1n) is 6.12. The van der Waals surface area contributed by atoms with Crippen molar-refractivity contribution in [3.63, 3.8) is 0 Å². The average Bonchev–Trinajstić information content (AvgIpc) is 2.39. The van der Waals surface area contributed by atoms with E-state index in [2.05, 4.69) is 15.3 Å². The van der Waals surface area contributed by atoms with Crippen LogP contribution in [0.2, 0.25) is 0 Å². The van der Waals surface area contributed by atoms with Crippen molar-refractivity contribution in [3.8, 4) is 5.88 Å². The van der Waals surface area contributed by atoms with Crippen LogP contribution >= 0.6 is 0 Å². The van der Waals surface area contributed by atoms with Crippen LogP contribution in [-0.2, 0) is 9.47 Å². The first-order valence-corrected chi connectivity index (χ1v) is 6.12. The lowest BCUT2D eigenvalue weighted by molar-refractivity contribution is 0.0795. The van der Waals surface area contributed by atoms with Crippen LogP contribution in [0, 0.1) is 0 Å². The van der Waals surface area contributed by atoms with Gasteiger partial charge in [-0.05, 0) is 13.3 Å². The Labute approximate surface area is 108 Å². The molecule has 6 heteroatoms. The standard InChI is InChI=1S/C12H21N3O3/c1-3-13-11-9-12(15-10-14-11)18-8-7-17-6-4-5-16-2/h9-10H,3-8H2,1-2H3,(H,13,14,15). The topological polar surface area (TPSA) is 65.5 Å². The van der Waals surface area contributed by atoms with Gasteiger partial charge in [0.2, 0.25) is 5.88 Å². The van der Waals surface area contributed by atoms with Crippen molar-refractivity contribution in [1.29, 1.82) is 0 Å². The molecule has 0 aliphatic rings. The number of anilines is 1. The van der Waals surface area contributed by atoms with E-state index in [9.17, 15) is 0 Å². The monoisotopic (exact) mass is 255 g/mol. The van der Waals surface area contributed by atoms with Gasteiger partial charge >= 0.3 is 0 Å². The number of aromatic nitrogens is 2. The molecule has 0 aliphatic heterocycles. The SMILES string of the molecule is CCNc1cc(OCCOCCCOC)ncn1. The molecule has 18 heavy (non-hydrogen) atoms. The molecule has 0 saturated carbocycles. The molecule has 1 aromatic rings. The van der Waals surface area contributed by atoms with Gasteiger partial charge in [0.1, 0.15) is 18.8 Å². The first-order chi connectivity index (χ1) is 8.86. The van der Waals surface area contributed by atoms with Crippen molar-refractivity contribution in [2.75, 3.05) is 45.4 Å². The summed E-state index contributed by atoms with van der Waals surface area (Å²) < 4.78 is 15.7. The second-order valence-corrected chi connectivity index (χ2v) is 3.58. The van der Waals surface area contributed by atoms with E-state index in [1.165, 1.54) is 6.33 Å². The van der Waals surface area contributed by atoms with Crippen molar-refractivity contribution in [3.05, 3.63) is 12.4 Å². The Morgan fingerprint density at radius 1 is 1.17 bits per heavy atom. The van der Waals surface area contributed by atoms with Crippen molar-refractivity contribution < 1.29 is 14.2 Å². The Morgan fingerprint density at radius 2 is 2.06 bits per heavy atom. The molecule has 0 unspecified atom stereocenters. The zero-order valence-electron chi connectivity index (χ0n) is 11.0. The molecule has 0 radical (unpaired) electrons. The van der Waals surface area contributed by atoms with E-state index >= 15 is 0 Å². The summed E-state index contributed by atoms with van der Waals surface area (Å²) in [4.78, 5) is 8.08. The zero-order valence-corrected chi connectivity index (χ0v) is 11.0. The van der Waals surface area contributed by atoms with Crippen molar-refractivity contribution in [1.82, 2.24) is 9.97 Å². The molecule has 0 fully saturated rings. The quantitative estimate of drug-likeness (QED) is 0.636. The van der Waals surface area contributed by atoms with E-state index in [4.69, 9.17) is 14.2 Å². The van der Waals surface area contributed by atoms with Crippen LogP contribution in [0.3, 0.4) is 0 Å². The molecule has 0 amide bonds. The van der Waals surface area contributed by atoms with E-state index in [1.807, 2.05) is 6.92 Å². The van der Waals surface area contributed by atoms with Gasteiger partial charge in [-0.15, -0.1) is 0 Å². The molecule has 0 aromatic carbocycles. The molecule has 1 aromatic heterocycles. The summed E-state index contributed by atoms with van der Waals surface area (Å²) in [5.41, 5.74) is 0. The molecular formula is C12H21N3O3. The van der Waals surface area contributed by atoms with Crippen LogP contribution < -0.4 is 10.1 Å². The van der Waals surface area contributed by atoms with Gasteiger partial charge in [0.25, 0.3) is 0 Å². The maximum atomic E-state index is 5.45. The van der Waals surface area contributed by atoms with E-state index < -0.39 is 0 Å². The van der Waals surface area contributed by atoms with Crippen molar-refractivity contribution >= 4 is 5.82 Å². The van der Waals surface area contributed by atoms with Gasteiger partial charge in [-0.3, -0.25) is 0 Å². The highest BCUT2D eigenvalue weighted by Gasteiger charge is 1.98. The fourth-order valence-electron chi connectivity index (χ4n) is 1.31. The Balaban J connectivity index is 2.13. The van der Waals surface area contributed by atoms with Crippen LogP contribution in [0.4, 0.5) is 5.82 Å². The van der Waals surface area contributed by atoms with Crippen LogP contribution in [0.15, 0.2) is 12.4 Å². The summed E-state index contributed by atoms with van der Waals surface area (Å²) in [5.74, 6) is 1.32. The highest BCUT2D eigenvalue weighted by molar-refractivity contribution is 5.36. The predicted octanol–water partition coefficient (Wildman–Crippen LogP) is 1.34. The fraction of sp³-hybridized carbons (Fsp3) is 0.667. The van der Waals surface area contributed by atoms with Gasteiger partial charge in [-0.25, -0.2) is 9.97 Å². The number of hydrogen-bond donors (Lipinski definition) is 1. The molecule has 102 valence electrons. The molecule has 1 heterocycles. The Bertz CT molecular complexity index is 323. The van der Waals surface area contributed by atoms with Gasteiger partial charge in [-0.2, -0.15) is 0 Å². The Hall–Kier alpha value is -1.40. The zero-order chi connectivity index (χ0) is 13.1. The summed E-state index contributed by atoms with van der Waals surface area (Å²) in [6.45, 7) is 5.26. The number of ether oxygens (including phenoxy) is 3.